The maximum Gasteiger partial charge on any atom is 0.244 e. The summed E-state index contributed by atoms with van der Waals surface area (Å²) in [6, 6.07) is 6.45. The summed E-state index contributed by atoms with van der Waals surface area (Å²) >= 11 is 6.04. The van der Waals surface area contributed by atoms with E-state index in [9.17, 15) is 13.5 Å². The summed E-state index contributed by atoms with van der Waals surface area (Å²) in [5.74, 6) is 1.09. The van der Waals surface area contributed by atoms with Gasteiger partial charge in [-0.2, -0.15) is 4.31 Å². The van der Waals surface area contributed by atoms with Crippen LogP contribution in [0, 0.1) is 0 Å². The second-order valence-electron chi connectivity index (χ2n) is 5.91. The van der Waals surface area contributed by atoms with Gasteiger partial charge in [0.1, 0.15) is 11.0 Å². The molecule has 3 rings (SSSR count). The fourth-order valence-electron chi connectivity index (χ4n) is 2.89. The molecule has 0 radical (unpaired) electrons. The van der Waals surface area contributed by atoms with Crippen molar-refractivity contribution in [2.75, 3.05) is 31.1 Å². The van der Waals surface area contributed by atoms with Crippen LogP contribution in [0.1, 0.15) is 18.9 Å². The molecular formula is C15H20ClN5O3S. The predicted octanol–water partition coefficient (Wildman–Crippen LogP) is 1.03. The standard InChI is InChI=1S/C15H20ClN5O3S/c1-11(22)14-17-18-15(19(14)2)20-7-9-21(10-8-20)25(23,24)13-6-4-3-5-12(13)16/h3-6,11,22H,7-10H2,1-2H3. The van der Waals surface area contributed by atoms with Gasteiger partial charge in [0.15, 0.2) is 5.82 Å². The lowest BCUT2D eigenvalue weighted by Crippen LogP contribution is -2.49. The molecule has 0 saturated carbocycles. The molecule has 1 aromatic carbocycles. The van der Waals surface area contributed by atoms with Crippen molar-refractivity contribution in [3.63, 3.8) is 0 Å². The van der Waals surface area contributed by atoms with Crippen molar-refractivity contribution >= 4 is 27.6 Å². The van der Waals surface area contributed by atoms with E-state index in [4.69, 9.17) is 11.6 Å². The highest BCUT2D eigenvalue weighted by Crippen LogP contribution is 2.26. The molecule has 10 heteroatoms. The van der Waals surface area contributed by atoms with Gasteiger partial charge in [0.2, 0.25) is 16.0 Å². The highest BCUT2D eigenvalue weighted by atomic mass is 35.5. The fourth-order valence-corrected chi connectivity index (χ4v) is 4.81. The first-order valence-electron chi connectivity index (χ1n) is 7.89. The fraction of sp³-hybridized carbons (Fsp3) is 0.467. The minimum absolute atomic E-state index is 0.125. The number of aliphatic hydroxyl groups excluding tert-OH is 1. The first-order chi connectivity index (χ1) is 11.8. The molecule has 1 N–H and O–H groups in total. The molecule has 2 heterocycles. The third-order valence-corrected chi connectivity index (χ3v) is 6.63. The number of aromatic nitrogens is 3. The summed E-state index contributed by atoms with van der Waals surface area (Å²) in [6.45, 7) is 3.24. The Kier molecular flexibility index (Phi) is 5.01. The molecule has 2 aromatic rings. The third-order valence-electron chi connectivity index (χ3n) is 4.24. The Bertz CT molecular complexity index is 860. The van der Waals surface area contributed by atoms with E-state index in [1.165, 1.54) is 10.4 Å². The first-order valence-corrected chi connectivity index (χ1v) is 9.71. The molecule has 1 aliphatic rings. The van der Waals surface area contributed by atoms with Crippen LogP contribution >= 0.6 is 11.6 Å². The zero-order valence-corrected chi connectivity index (χ0v) is 15.6. The van der Waals surface area contributed by atoms with Gasteiger partial charge >= 0.3 is 0 Å². The molecule has 1 unspecified atom stereocenters. The lowest BCUT2D eigenvalue weighted by atomic mass is 10.4. The summed E-state index contributed by atoms with van der Waals surface area (Å²) in [5.41, 5.74) is 0. The molecule has 1 fully saturated rings. The summed E-state index contributed by atoms with van der Waals surface area (Å²) in [4.78, 5) is 2.08. The molecule has 0 amide bonds. The average molecular weight is 386 g/mol. The summed E-state index contributed by atoms with van der Waals surface area (Å²) in [5, 5.41) is 18.0. The topological polar surface area (TPSA) is 91.6 Å². The van der Waals surface area contributed by atoms with E-state index in [-0.39, 0.29) is 9.92 Å². The average Bonchev–Trinajstić information content (AvgIpc) is 2.97. The van der Waals surface area contributed by atoms with E-state index >= 15 is 0 Å². The number of benzene rings is 1. The van der Waals surface area contributed by atoms with Crippen LogP contribution in [0.15, 0.2) is 29.2 Å². The molecule has 1 saturated heterocycles. The number of sulfonamides is 1. The van der Waals surface area contributed by atoms with E-state index in [1.807, 2.05) is 4.90 Å². The molecule has 1 aromatic heterocycles. The number of aliphatic hydroxyl groups is 1. The molecule has 0 bridgehead atoms. The number of hydrogen-bond acceptors (Lipinski definition) is 6. The highest BCUT2D eigenvalue weighted by Gasteiger charge is 2.31. The van der Waals surface area contributed by atoms with Gasteiger partial charge in [0, 0.05) is 33.2 Å². The van der Waals surface area contributed by atoms with Gasteiger partial charge < -0.3 is 10.0 Å². The van der Waals surface area contributed by atoms with Crippen molar-refractivity contribution in [2.45, 2.75) is 17.9 Å². The Morgan fingerprint density at radius 3 is 2.36 bits per heavy atom. The van der Waals surface area contributed by atoms with Crippen LogP contribution in [0.5, 0.6) is 0 Å². The van der Waals surface area contributed by atoms with Crippen LogP contribution in [0.3, 0.4) is 0 Å². The number of hydrogen-bond donors (Lipinski definition) is 1. The summed E-state index contributed by atoms with van der Waals surface area (Å²) < 4.78 is 28.7. The molecule has 0 aliphatic carbocycles. The SMILES string of the molecule is CC(O)c1nnc(N2CCN(S(=O)(=O)c3ccccc3Cl)CC2)n1C. The van der Waals surface area contributed by atoms with Crippen LogP contribution in [-0.4, -0.2) is 58.8 Å². The normalized spacial score (nSPS) is 17.7. The lowest BCUT2D eigenvalue weighted by molar-refractivity contribution is 0.185. The van der Waals surface area contributed by atoms with Gasteiger partial charge in [-0.1, -0.05) is 23.7 Å². The number of rotatable bonds is 4. The number of nitrogens with zero attached hydrogens (tertiary/aromatic N) is 5. The van der Waals surface area contributed by atoms with Crippen LogP contribution in [-0.2, 0) is 17.1 Å². The maximum atomic E-state index is 12.8. The lowest BCUT2D eigenvalue weighted by Gasteiger charge is -2.34. The van der Waals surface area contributed by atoms with Gasteiger partial charge in [-0.15, -0.1) is 10.2 Å². The van der Waals surface area contributed by atoms with Crippen LogP contribution in [0.4, 0.5) is 5.95 Å². The largest absolute Gasteiger partial charge is 0.385 e. The van der Waals surface area contributed by atoms with Crippen LogP contribution in [0.25, 0.3) is 0 Å². The Balaban J connectivity index is 1.75. The predicted molar refractivity (Wildman–Crippen MR) is 94.1 cm³/mol. The van der Waals surface area contributed by atoms with Gasteiger partial charge in [-0.25, -0.2) is 8.42 Å². The van der Waals surface area contributed by atoms with E-state index in [0.29, 0.717) is 38.0 Å². The Morgan fingerprint density at radius 1 is 1.16 bits per heavy atom. The molecule has 8 nitrogen and oxygen atoms in total. The van der Waals surface area contributed by atoms with Crippen LogP contribution < -0.4 is 4.90 Å². The minimum atomic E-state index is -3.62. The number of anilines is 1. The van der Waals surface area contributed by atoms with E-state index in [0.717, 1.165) is 0 Å². The van der Waals surface area contributed by atoms with E-state index in [2.05, 4.69) is 10.2 Å². The van der Waals surface area contributed by atoms with Crippen molar-refractivity contribution in [2.24, 2.45) is 7.05 Å². The molecule has 1 atom stereocenters. The molecule has 25 heavy (non-hydrogen) atoms. The molecule has 1 aliphatic heterocycles. The maximum absolute atomic E-state index is 12.8. The van der Waals surface area contributed by atoms with Gasteiger partial charge in [0.05, 0.1) is 5.02 Å². The van der Waals surface area contributed by atoms with Crippen molar-refractivity contribution in [1.29, 1.82) is 0 Å². The first kappa shape index (κ1) is 18.1. The van der Waals surface area contributed by atoms with Gasteiger partial charge in [0.25, 0.3) is 0 Å². The zero-order chi connectivity index (χ0) is 18.2. The molecule has 136 valence electrons. The quantitative estimate of drug-likeness (QED) is 0.845. The minimum Gasteiger partial charge on any atom is -0.385 e. The second-order valence-corrected chi connectivity index (χ2v) is 8.23. The Hall–Kier alpha value is -1.68. The second kappa shape index (κ2) is 6.91. The zero-order valence-electron chi connectivity index (χ0n) is 14.0. The molecule has 0 spiro atoms. The van der Waals surface area contributed by atoms with E-state index < -0.39 is 16.1 Å². The van der Waals surface area contributed by atoms with Gasteiger partial charge in [-0.3, -0.25) is 4.57 Å². The van der Waals surface area contributed by atoms with Crippen molar-refractivity contribution in [3.05, 3.63) is 35.1 Å². The van der Waals surface area contributed by atoms with Crippen LogP contribution in [0.2, 0.25) is 5.02 Å². The molecular weight excluding hydrogens is 366 g/mol. The van der Waals surface area contributed by atoms with Gasteiger partial charge in [-0.05, 0) is 19.1 Å². The smallest absolute Gasteiger partial charge is 0.244 e. The number of piperazine rings is 1. The number of halogens is 1. The summed E-state index contributed by atoms with van der Waals surface area (Å²) in [7, 11) is -1.84. The summed E-state index contributed by atoms with van der Waals surface area (Å²) in [6.07, 6.45) is -0.715. The third kappa shape index (κ3) is 3.37. The Morgan fingerprint density at radius 2 is 1.80 bits per heavy atom. The van der Waals surface area contributed by atoms with E-state index in [1.54, 1.807) is 36.7 Å². The van der Waals surface area contributed by atoms with Crippen molar-refractivity contribution < 1.29 is 13.5 Å². The van der Waals surface area contributed by atoms with Crippen molar-refractivity contribution in [3.8, 4) is 0 Å². The monoisotopic (exact) mass is 385 g/mol. The highest BCUT2D eigenvalue weighted by molar-refractivity contribution is 7.89. The van der Waals surface area contributed by atoms with Crippen molar-refractivity contribution in [1.82, 2.24) is 19.1 Å². The Labute approximate surface area is 151 Å².